The topological polar surface area (TPSA) is 66.5 Å². The monoisotopic (exact) mass is 514 g/mol. The lowest BCUT2D eigenvalue weighted by Crippen LogP contribution is -2.38. The van der Waals surface area contributed by atoms with Gasteiger partial charge in [-0.25, -0.2) is 8.42 Å². The molecule has 0 aliphatic carbocycles. The largest absolute Gasteiger partial charge is 0.324 e. The van der Waals surface area contributed by atoms with Crippen LogP contribution in [0.4, 0.5) is 11.4 Å². The number of carbonyl (C=O) groups excluding carboxylic acids is 1. The van der Waals surface area contributed by atoms with Crippen LogP contribution in [0, 0.1) is 6.92 Å². The molecule has 0 fully saturated rings. The third-order valence-electron chi connectivity index (χ3n) is 5.27. The summed E-state index contributed by atoms with van der Waals surface area (Å²) in [7, 11) is -3.95. The minimum absolute atomic E-state index is 0.141. The Hall–Kier alpha value is -2.64. The summed E-state index contributed by atoms with van der Waals surface area (Å²) in [5.41, 5.74) is 4.19. The highest BCUT2D eigenvalue weighted by Gasteiger charge is 2.27. The van der Waals surface area contributed by atoms with Gasteiger partial charge in [0.1, 0.15) is 6.54 Å². The minimum Gasteiger partial charge on any atom is -0.324 e. The van der Waals surface area contributed by atoms with E-state index in [4.69, 9.17) is 0 Å². The molecule has 1 N–H and O–H groups in total. The number of nitrogens with one attached hydrogen (secondary N) is 1. The molecule has 5 nitrogen and oxygen atoms in total. The predicted molar refractivity (Wildman–Crippen MR) is 134 cm³/mol. The molecular weight excluding hydrogens is 488 g/mol. The van der Waals surface area contributed by atoms with Gasteiger partial charge in [-0.15, -0.1) is 0 Å². The molecular formula is C25H27BrN2O3S. The van der Waals surface area contributed by atoms with Gasteiger partial charge in [0.15, 0.2) is 0 Å². The summed E-state index contributed by atoms with van der Waals surface area (Å²) < 4.78 is 29.0. The maximum Gasteiger partial charge on any atom is 0.264 e. The Morgan fingerprint density at radius 1 is 0.906 bits per heavy atom. The molecule has 3 aromatic carbocycles. The molecule has 3 rings (SSSR count). The van der Waals surface area contributed by atoms with Gasteiger partial charge < -0.3 is 5.32 Å². The van der Waals surface area contributed by atoms with Crippen molar-refractivity contribution in [1.82, 2.24) is 0 Å². The fraction of sp³-hybridized carbons (Fsp3) is 0.240. The van der Waals surface area contributed by atoms with Crippen molar-refractivity contribution < 1.29 is 13.2 Å². The van der Waals surface area contributed by atoms with E-state index in [0.29, 0.717) is 5.69 Å². The van der Waals surface area contributed by atoms with Crippen molar-refractivity contribution >= 4 is 43.2 Å². The lowest BCUT2D eigenvalue weighted by molar-refractivity contribution is -0.114. The van der Waals surface area contributed by atoms with Crippen molar-refractivity contribution in [3.63, 3.8) is 0 Å². The molecule has 0 saturated carbocycles. The Balaban J connectivity index is 1.97. The predicted octanol–water partition coefficient (Wildman–Crippen LogP) is 5.72. The van der Waals surface area contributed by atoms with Crippen LogP contribution in [0.25, 0.3) is 0 Å². The summed E-state index contributed by atoms with van der Waals surface area (Å²) in [5.74, 6) is -0.390. The van der Waals surface area contributed by atoms with E-state index >= 15 is 0 Å². The fourth-order valence-electron chi connectivity index (χ4n) is 3.47. The lowest BCUT2D eigenvalue weighted by atomic mass is 10.0. The standard InChI is InChI=1S/C25H27BrN2O3S/c1-4-19-7-6-8-20(5-2)25(19)27-24(29)17-28(22-13-11-21(26)12-14-22)32(30,31)23-15-9-18(3)10-16-23/h6-16H,4-5,17H2,1-3H3,(H,27,29). The molecule has 0 radical (unpaired) electrons. The Morgan fingerprint density at radius 2 is 1.47 bits per heavy atom. The van der Waals surface area contributed by atoms with Crippen LogP contribution in [0.5, 0.6) is 0 Å². The van der Waals surface area contributed by atoms with E-state index in [-0.39, 0.29) is 17.3 Å². The molecule has 0 atom stereocenters. The number of rotatable bonds is 8. The van der Waals surface area contributed by atoms with Crippen LogP contribution >= 0.6 is 15.9 Å². The molecule has 0 bridgehead atoms. The molecule has 7 heteroatoms. The van der Waals surface area contributed by atoms with E-state index in [1.807, 2.05) is 39.0 Å². The van der Waals surface area contributed by atoms with E-state index in [1.165, 1.54) is 0 Å². The summed E-state index contributed by atoms with van der Waals surface area (Å²) in [6.45, 7) is 5.62. The van der Waals surface area contributed by atoms with Crippen LogP contribution < -0.4 is 9.62 Å². The average molecular weight is 515 g/mol. The molecule has 0 aliphatic rings. The van der Waals surface area contributed by atoms with Crippen LogP contribution in [0.1, 0.15) is 30.5 Å². The van der Waals surface area contributed by atoms with Gasteiger partial charge in [-0.3, -0.25) is 9.10 Å². The number of anilines is 2. The number of amides is 1. The van der Waals surface area contributed by atoms with Gasteiger partial charge in [-0.05, 0) is 67.3 Å². The molecule has 1 amide bonds. The second-order valence-corrected chi connectivity index (χ2v) is 10.3. The zero-order valence-corrected chi connectivity index (χ0v) is 20.8. The van der Waals surface area contributed by atoms with Crippen LogP contribution in [-0.2, 0) is 27.7 Å². The summed E-state index contributed by atoms with van der Waals surface area (Å²) >= 11 is 3.38. The van der Waals surface area contributed by atoms with Crippen LogP contribution in [-0.4, -0.2) is 20.9 Å². The molecule has 0 spiro atoms. The first kappa shape index (κ1) is 24.0. The van der Waals surface area contributed by atoms with Crippen molar-refractivity contribution in [1.29, 1.82) is 0 Å². The van der Waals surface area contributed by atoms with Gasteiger partial charge >= 0.3 is 0 Å². The molecule has 0 heterocycles. The van der Waals surface area contributed by atoms with E-state index < -0.39 is 10.0 Å². The maximum atomic E-state index is 13.5. The summed E-state index contributed by atoms with van der Waals surface area (Å²) in [6.07, 6.45) is 1.53. The van der Waals surface area contributed by atoms with Gasteiger partial charge in [-0.1, -0.05) is 65.7 Å². The number of aryl methyl sites for hydroxylation is 3. The average Bonchev–Trinajstić information content (AvgIpc) is 2.78. The van der Waals surface area contributed by atoms with Gasteiger partial charge in [0.25, 0.3) is 10.0 Å². The van der Waals surface area contributed by atoms with Gasteiger partial charge in [0.2, 0.25) is 5.91 Å². The van der Waals surface area contributed by atoms with Crippen LogP contribution in [0.3, 0.4) is 0 Å². The zero-order valence-electron chi connectivity index (χ0n) is 18.4. The van der Waals surface area contributed by atoms with Crippen molar-refractivity contribution in [3.05, 3.63) is 87.9 Å². The zero-order chi connectivity index (χ0) is 23.3. The summed E-state index contributed by atoms with van der Waals surface area (Å²) in [4.78, 5) is 13.2. The smallest absolute Gasteiger partial charge is 0.264 e. The normalized spacial score (nSPS) is 11.2. The molecule has 0 unspecified atom stereocenters. The van der Waals surface area contributed by atoms with Crippen molar-refractivity contribution in [2.75, 3.05) is 16.2 Å². The van der Waals surface area contributed by atoms with Gasteiger partial charge in [-0.2, -0.15) is 0 Å². The third kappa shape index (κ3) is 5.40. The van der Waals surface area contributed by atoms with Crippen molar-refractivity contribution in [2.45, 2.75) is 38.5 Å². The number of hydrogen-bond acceptors (Lipinski definition) is 3. The molecule has 0 saturated heterocycles. The number of para-hydroxylation sites is 1. The Bertz CT molecular complexity index is 1170. The number of halogens is 1. The number of benzene rings is 3. The van der Waals surface area contributed by atoms with E-state index in [2.05, 4.69) is 21.2 Å². The number of carbonyl (C=O) groups is 1. The quantitative estimate of drug-likeness (QED) is 0.418. The Kier molecular flexibility index (Phi) is 7.74. The second kappa shape index (κ2) is 10.3. The van der Waals surface area contributed by atoms with Crippen LogP contribution in [0.2, 0.25) is 0 Å². The van der Waals surface area contributed by atoms with Crippen LogP contribution in [0.15, 0.2) is 76.1 Å². The maximum absolute atomic E-state index is 13.5. The van der Waals surface area contributed by atoms with Crippen molar-refractivity contribution in [3.8, 4) is 0 Å². The van der Waals surface area contributed by atoms with E-state index in [0.717, 1.165) is 44.0 Å². The van der Waals surface area contributed by atoms with Gasteiger partial charge in [0, 0.05) is 10.2 Å². The Labute approximate surface area is 198 Å². The van der Waals surface area contributed by atoms with E-state index in [9.17, 15) is 13.2 Å². The first-order valence-electron chi connectivity index (χ1n) is 10.5. The first-order valence-corrected chi connectivity index (χ1v) is 12.7. The molecule has 0 aromatic heterocycles. The third-order valence-corrected chi connectivity index (χ3v) is 7.59. The lowest BCUT2D eigenvalue weighted by Gasteiger charge is -2.25. The fourth-order valence-corrected chi connectivity index (χ4v) is 5.16. The first-order chi connectivity index (χ1) is 15.3. The highest BCUT2D eigenvalue weighted by Crippen LogP contribution is 2.27. The number of hydrogen-bond donors (Lipinski definition) is 1. The Morgan fingerprint density at radius 3 is 2.00 bits per heavy atom. The van der Waals surface area contributed by atoms with Gasteiger partial charge in [0.05, 0.1) is 10.6 Å². The highest BCUT2D eigenvalue weighted by atomic mass is 79.9. The number of sulfonamides is 1. The highest BCUT2D eigenvalue weighted by molar-refractivity contribution is 9.10. The minimum atomic E-state index is -3.95. The SMILES string of the molecule is CCc1cccc(CC)c1NC(=O)CN(c1ccc(Br)cc1)S(=O)(=O)c1ccc(C)cc1. The molecule has 32 heavy (non-hydrogen) atoms. The number of nitrogens with zero attached hydrogens (tertiary/aromatic N) is 1. The summed E-state index contributed by atoms with van der Waals surface area (Å²) in [6, 6.07) is 19.4. The summed E-state index contributed by atoms with van der Waals surface area (Å²) in [5, 5.41) is 2.97. The van der Waals surface area contributed by atoms with E-state index in [1.54, 1.807) is 48.5 Å². The second-order valence-electron chi connectivity index (χ2n) is 7.51. The molecule has 168 valence electrons. The van der Waals surface area contributed by atoms with Crippen molar-refractivity contribution in [2.24, 2.45) is 0 Å². The molecule has 3 aromatic rings. The molecule has 0 aliphatic heterocycles.